The maximum absolute atomic E-state index is 10.8. The molecule has 222 valence electrons. The molecule has 0 amide bonds. The Morgan fingerprint density at radius 2 is 1.86 bits per heavy atom. The van der Waals surface area contributed by atoms with Gasteiger partial charge in [-0.1, -0.05) is 42.5 Å². The van der Waals surface area contributed by atoms with Gasteiger partial charge in [-0.15, -0.1) is 0 Å². The van der Waals surface area contributed by atoms with Gasteiger partial charge in [0.1, 0.15) is 30.4 Å². The standard InChI is InChI=1S/C30H37N7O5/c31-27-24-28(34-18-33-27)37(29-26(40)25(39)23(17-38)42-29)30(35-24)32-16-19-9-10-21(20-7-2-1-3-8-20)22(15-19)41-14-6-13-36-11-4-5-12-36/h1-3,7-10,15,18,23,25-26,29,38-40H,4-6,11-14,16-17H2,(H,32,35)(H2,31,33,34)/t23-,25-,26-,29-/m1/s1. The van der Waals surface area contributed by atoms with E-state index in [0.29, 0.717) is 30.3 Å². The fraction of sp³-hybridized carbons (Fsp3) is 0.433. The van der Waals surface area contributed by atoms with Gasteiger partial charge < -0.3 is 40.7 Å². The molecule has 0 unspecified atom stereocenters. The molecule has 4 heterocycles. The maximum atomic E-state index is 10.8. The highest BCUT2D eigenvalue weighted by Gasteiger charge is 2.45. The molecule has 2 fully saturated rings. The monoisotopic (exact) mass is 575 g/mol. The van der Waals surface area contributed by atoms with E-state index >= 15 is 0 Å². The second-order valence-electron chi connectivity index (χ2n) is 10.8. The first-order valence-corrected chi connectivity index (χ1v) is 14.4. The van der Waals surface area contributed by atoms with Crippen molar-refractivity contribution in [1.29, 1.82) is 0 Å². The molecule has 6 N–H and O–H groups in total. The van der Waals surface area contributed by atoms with Crippen molar-refractivity contribution in [2.24, 2.45) is 0 Å². The van der Waals surface area contributed by atoms with Crippen LogP contribution in [0.3, 0.4) is 0 Å². The lowest BCUT2D eigenvalue weighted by atomic mass is 10.0. The van der Waals surface area contributed by atoms with Gasteiger partial charge in [0.25, 0.3) is 0 Å². The Hall–Kier alpha value is -3.81. The smallest absolute Gasteiger partial charge is 0.207 e. The summed E-state index contributed by atoms with van der Waals surface area (Å²) in [6.45, 7) is 3.90. The number of aromatic nitrogens is 4. The number of benzene rings is 2. The van der Waals surface area contributed by atoms with E-state index in [1.165, 1.54) is 32.3 Å². The van der Waals surface area contributed by atoms with Crippen LogP contribution in [-0.4, -0.2) is 90.9 Å². The Bertz CT molecular complexity index is 1490. The Kier molecular flexibility index (Phi) is 8.49. The molecule has 42 heavy (non-hydrogen) atoms. The van der Waals surface area contributed by atoms with Crippen LogP contribution in [-0.2, 0) is 11.3 Å². The van der Waals surface area contributed by atoms with Gasteiger partial charge in [-0.05, 0) is 49.5 Å². The predicted octanol–water partition coefficient (Wildman–Crippen LogP) is 2.16. The second kappa shape index (κ2) is 12.6. The number of aliphatic hydroxyl groups is 3. The van der Waals surface area contributed by atoms with Crippen molar-refractivity contribution in [3.8, 4) is 16.9 Å². The number of likely N-dealkylation sites (tertiary alicyclic amines) is 1. The molecule has 0 bridgehead atoms. The van der Waals surface area contributed by atoms with Crippen LogP contribution in [0, 0.1) is 0 Å². The van der Waals surface area contributed by atoms with Crippen molar-refractivity contribution < 1.29 is 24.8 Å². The number of rotatable bonds is 11. The first kappa shape index (κ1) is 28.3. The molecule has 6 rings (SSSR count). The van der Waals surface area contributed by atoms with Crippen LogP contribution in [0.4, 0.5) is 11.8 Å². The minimum Gasteiger partial charge on any atom is -0.493 e. The number of fused-ring (bicyclic) bond motifs is 1. The average molecular weight is 576 g/mol. The van der Waals surface area contributed by atoms with E-state index in [1.807, 2.05) is 30.3 Å². The molecule has 0 saturated carbocycles. The molecule has 0 aliphatic carbocycles. The topological polar surface area (TPSA) is 164 Å². The third-order valence-electron chi connectivity index (χ3n) is 7.93. The summed E-state index contributed by atoms with van der Waals surface area (Å²) >= 11 is 0. The lowest BCUT2D eigenvalue weighted by Crippen LogP contribution is -2.33. The summed E-state index contributed by atoms with van der Waals surface area (Å²) in [4.78, 5) is 15.4. The van der Waals surface area contributed by atoms with E-state index in [0.717, 1.165) is 35.4 Å². The van der Waals surface area contributed by atoms with E-state index < -0.39 is 31.1 Å². The van der Waals surface area contributed by atoms with Gasteiger partial charge in [-0.3, -0.25) is 4.57 Å². The zero-order valence-corrected chi connectivity index (χ0v) is 23.3. The number of anilines is 2. The van der Waals surface area contributed by atoms with Gasteiger partial charge >= 0.3 is 0 Å². The molecule has 0 spiro atoms. The van der Waals surface area contributed by atoms with Crippen molar-refractivity contribution in [3.05, 3.63) is 60.4 Å². The fourth-order valence-corrected chi connectivity index (χ4v) is 5.70. The average Bonchev–Trinajstić information content (AvgIpc) is 3.74. The number of nitrogens with one attached hydrogen (secondary N) is 1. The molecule has 2 aromatic carbocycles. The highest BCUT2D eigenvalue weighted by Crippen LogP contribution is 2.36. The quantitative estimate of drug-likeness (QED) is 0.167. The fourth-order valence-electron chi connectivity index (χ4n) is 5.70. The zero-order valence-electron chi connectivity index (χ0n) is 23.3. The van der Waals surface area contributed by atoms with Crippen molar-refractivity contribution in [2.75, 3.05) is 43.9 Å². The van der Waals surface area contributed by atoms with E-state index in [1.54, 1.807) is 4.57 Å². The van der Waals surface area contributed by atoms with Crippen molar-refractivity contribution >= 4 is 22.9 Å². The molecule has 2 aliphatic heterocycles. The summed E-state index contributed by atoms with van der Waals surface area (Å²) in [7, 11) is 0. The van der Waals surface area contributed by atoms with Crippen LogP contribution >= 0.6 is 0 Å². The Morgan fingerprint density at radius 3 is 2.62 bits per heavy atom. The summed E-state index contributed by atoms with van der Waals surface area (Å²) in [6.07, 6.45) is 0.205. The SMILES string of the molecule is Nc1ncnc2c1nc(NCc1ccc(-c3ccccc3)c(OCCCN3CCCC3)c1)n2[C@@H]1O[C@H](CO)[C@@H](O)[C@H]1O. The van der Waals surface area contributed by atoms with Gasteiger partial charge in [-0.25, -0.2) is 15.0 Å². The summed E-state index contributed by atoms with van der Waals surface area (Å²) in [5, 5.41) is 34.1. The van der Waals surface area contributed by atoms with Crippen molar-refractivity contribution in [2.45, 2.75) is 50.3 Å². The Labute approximate surface area is 243 Å². The number of nitrogens with zero attached hydrogens (tertiary/aromatic N) is 5. The summed E-state index contributed by atoms with van der Waals surface area (Å²) < 4.78 is 13.7. The third kappa shape index (κ3) is 5.76. The predicted molar refractivity (Wildman–Crippen MR) is 158 cm³/mol. The maximum Gasteiger partial charge on any atom is 0.207 e. The zero-order chi connectivity index (χ0) is 29.1. The van der Waals surface area contributed by atoms with Crippen molar-refractivity contribution in [1.82, 2.24) is 24.4 Å². The van der Waals surface area contributed by atoms with Crippen LogP contribution in [0.2, 0.25) is 0 Å². The molecular weight excluding hydrogens is 538 g/mol. The lowest BCUT2D eigenvalue weighted by molar-refractivity contribution is -0.0501. The number of ether oxygens (including phenoxy) is 2. The molecule has 4 atom stereocenters. The molecule has 2 aromatic heterocycles. The van der Waals surface area contributed by atoms with Crippen LogP contribution < -0.4 is 15.8 Å². The van der Waals surface area contributed by atoms with E-state index in [9.17, 15) is 15.3 Å². The van der Waals surface area contributed by atoms with E-state index in [4.69, 9.17) is 15.2 Å². The second-order valence-corrected chi connectivity index (χ2v) is 10.8. The minimum atomic E-state index is -1.32. The summed E-state index contributed by atoms with van der Waals surface area (Å²) in [5.74, 6) is 1.30. The van der Waals surface area contributed by atoms with Gasteiger partial charge in [-0.2, -0.15) is 0 Å². The normalized spacial score (nSPS) is 22.6. The van der Waals surface area contributed by atoms with E-state index in [-0.39, 0.29) is 5.82 Å². The molecule has 2 aliphatic rings. The number of aliphatic hydroxyl groups excluding tert-OH is 3. The summed E-state index contributed by atoms with van der Waals surface area (Å²) in [6, 6.07) is 16.3. The number of imidazole rings is 1. The van der Waals surface area contributed by atoms with Crippen LogP contribution in [0.1, 0.15) is 31.1 Å². The molecule has 12 heteroatoms. The number of hydrogen-bond donors (Lipinski definition) is 5. The largest absolute Gasteiger partial charge is 0.493 e. The van der Waals surface area contributed by atoms with Gasteiger partial charge in [0.2, 0.25) is 5.95 Å². The third-order valence-corrected chi connectivity index (χ3v) is 7.93. The Balaban J connectivity index is 1.25. The van der Waals surface area contributed by atoms with Gasteiger partial charge in [0.15, 0.2) is 23.2 Å². The van der Waals surface area contributed by atoms with Crippen molar-refractivity contribution in [3.63, 3.8) is 0 Å². The van der Waals surface area contributed by atoms with Crippen LogP contribution in [0.5, 0.6) is 5.75 Å². The molecular formula is C30H37N7O5. The van der Waals surface area contributed by atoms with Gasteiger partial charge in [0, 0.05) is 18.7 Å². The highest BCUT2D eigenvalue weighted by atomic mass is 16.6. The molecule has 0 radical (unpaired) electrons. The first-order chi connectivity index (χ1) is 20.5. The molecule has 12 nitrogen and oxygen atoms in total. The minimum absolute atomic E-state index is 0.172. The number of nitrogen functional groups attached to an aromatic ring is 1. The highest BCUT2D eigenvalue weighted by molar-refractivity contribution is 5.84. The lowest BCUT2D eigenvalue weighted by Gasteiger charge is -2.20. The van der Waals surface area contributed by atoms with Gasteiger partial charge in [0.05, 0.1) is 13.2 Å². The molecule has 4 aromatic rings. The number of nitrogens with two attached hydrogens (primary N) is 1. The van der Waals surface area contributed by atoms with E-state index in [2.05, 4.69) is 43.4 Å². The molecule has 2 saturated heterocycles. The van der Waals surface area contributed by atoms with Crippen LogP contribution in [0.15, 0.2) is 54.9 Å². The van der Waals surface area contributed by atoms with Crippen LogP contribution in [0.25, 0.3) is 22.3 Å². The number of hydrogen-bond acceptors (Lipinski definition) is 11. The summed E-state index contributed by atoms with van der Waals surface area (Å²) in [5.41, 5.74) is 9.79. The first-order valence-electron chi connectivity index (χ1n) is 14.4. The Morgan fingerprint density at radius 1 is 1.05 bits per heavy atom.